The summed E-state index contributed by atoms with van der Waals surface area (Å²) in [4.78, 5) is 11.6. The maximum atomic E-state index is 11.6. The highest BCUT2D eigenvalue weighted by atomic mass is 35.5. The molecule has 2 N–H and O–H groups in total. The van der Waals surface area contributed by atoms with Crippen molar-refractivity contribution in [1.29, 1.82) is 0 Å². The van der Waals surface area contributed by atoms with Gasteiger partial charge in [-0.25, -0.2) is 4.79 Å². The first-order chi connectivity index (χ1) is 10.2. The molecule has 2 aromatic rings. The Morgan fingerprint density at radius 2 is 1.71 bits per heavy atom. The van der Waals surface area contributed by atoms with Gasteiger partial charge in [0.2, 0.25) is 0 Å². The topological polar surface area (TPSA) is 50.4 Å². The number of ether oxygens (including phenoxy) is 1. The van der Waals surface area contributed by atoms with Crippen LogP contribution in [-0.4, -0.2) is 19.3 Å². The fraction of sp³-hybridized carbons (Fsp3) is 0.188. The van der Waals surface area contributed by atoms with Crippen LogP contribution in [0.1, 0.15) is 5.56 Å². The summed E-state index contributed by atoms with van der Waals surface area (Å²) in [5.74, 6) is 0.656. The fourth-order valence-corrected chi connectivity index (χ4v) is 1.87. The molecule has 110 valence electrons. The molecular formula is C16H17ClN2O2. The predicted molar refractivity (Wildman–Crippen MR) is 83.6 cm³/mol. The summed E-state index contributed by atoms with van der Waals surface area (Å²) in [7, 11) is 0. The summed E-state index contributed by atoms with van der Waals surface area (Å²) in [6.45, 7) is 0.690. The van der Waals surface area contributed by atoms with E-state index < -0.39 is 0 Å². The summed E-state index contributed by atoms with van der Waals surface area (Å²) in [5.41, 5.74) is 1.19. The number of amides is 2. The van der Waals surface area contributed by atoms with Crippen LogP contribution in [0.15, 0.2) is 54.6 Å². The number of carbonyl (C=O) groups is 1. The van der Waals surface area contributed by atoms with Crippen molar-refractivity contribution in [1.82, 2.24) is 10.6 Å². The van der Waals surface area contributed by atoms with Crippen molar-refractivity contribution in [2.45, 2.75) is 6.42 Å². The Balaban J connectivity index is 1.60. The molecule has 5 heteroatoms. The van der Waals surface area contributed by atoms with Crippen molar-refractivity contribution in [3.8, 4) is 5.75 Å². The van der Waals surface area contributed by atoms with E-state index in [9.17, 15) is 4.79 Å². The largest absolute Gasteiger partial charge is 0.473 e. The molecule has 2 rings (SSSR count). The lowest BCUT2D eigenvalue weighted by molar-refractivity contribution is 0.224. The number of urea groups is 1. The van der Waals surface area contributed by atoms with Crippen LogP contribution in [0.3, 0.4) is 0 Å². The van der Waals surface area contributed by atoms with Gasteiger partial charge in [-0.05, 0) is 36.2 Å². The number of halogens is 1. The van der Waals surface area contributed by atoms with E-state index in [4.69, 9.17) is 16.3 Å². The lowest BCUT2D eigenvalue weighted by atomic mass is 10.1. The zero-order valence-electron chi connectivity index (χ0n) is 11.5. The van der Waals surface area contributed by atoms with E-state index in [1.165, 1.54) is 5.56 Å². The van der Waals surface area contributed by atoms with Gasteiger partial charge >= 0.3 is 6.03 Å². The van der Waals surface area contributed by atoms with Crippen LogP contribution >= 0.6 is 11.6 Å². The van der Waals surface area contributed by atoms with Crippen LogP contribution in [0, 0.1) is 0 Å². The van der Waals surface area contributed by atoms with Crippen molar-refractivity contribution in [3.05, 3.63) is 65.2 Å². The first-order valence-electron chi connectivity index (χ1n) is 6.68. The van der Waals surface area contributed by atoms with Gasteiger partial charge in [-0.3, -0.25) is 0 Å². The number of benzene rings is 2. The molecule has 0 aliphatic carbocycles. The lowest BCUT2D eigenvalue weighted by Crippen LogP contribution is -2.38. The molecule has 0 unspecified atom stereocenters. The summed E-state index contributed by atoms with van der Waals surface area (Å²) in [6, 6.07) is 16.7. The van der Waals surface area contributed by atoms with E-state index in [1.54, 1.807) is 24.3 Å². The van der Waals surface area contributed by atoms with Crippen LogP contribution in [0.2, 0.25) is 5.02 Å². The zero-order chi connectivity index (χ0) is 14.9. The molecule has 0 aromatic heterocycles. The third-order valence-corrected chi connectivity index (χ3v) is 3.08. The van der Waals surface area contributed by atoms with E-state index in [0.29, 0.717) is 17.3 Å². The average molecular weight is 305 g/mol. The molecule has 0 spiro atoms. The molecule has 0 atom stereocenters. The normalized spacial score (nSPS) is 9.95. The highest BCUT2D eigenvalue weighted by Crippen LogP contribution is 2.14. The first kappa shape index (κ1) is 15.2. The Bertz CT molecular complexity index is 558. The molecule has 21 heavy (non-hydrogen) atoms. The molecule has 0 fully saturated rings. The van der Waals surface area contributed by atoms with Gasteiger partial charge in [-0.1, -0.05) is 41.9 Å². The third kappa shape index (κ3) is 5.75. The SMILES string of the molecule is O=C(NCCc1ccccc1)NCOc1ccc(Cl)cc1. The Morgan fingerprint density at radius 1 is 1.00 bits per heavy atom. The lowest BCUT2D eigenvalue weighted by Gasteiger charge is -2.09. The monoisotopic (exact) mass is 304 g/mol. The average Bonchev–Trinajstić information content (AvgIpc) is 2.50. The Hall–Kier alpha value is -2.20. The second-order valence-electron chi connectivity index (χ2n) is 4.41. The Morgan fingerprint density at radius 3 is 2.43 bits per heavy atom. The molecule has 0 saturated carbocycles. The predicted octanol–water partition coefficient (Wildman–Crippen LogP) is 3.22. The number of nitrogens with one attached hydrogen (secondary N) is 2. The molecule has 0 heterocycles. The number of carbonyl (C=O) groups excluding carboxylic acids is 1. The maximum Gasteiger partial charge on any atom is 0.317 e. The summed E-state index contributed by atoms with van der Waals surface area (Å²) in [5, 5.41) is 6.05. The zero-order valence-corrected chi connectivity index (χ0v) is 12.3. The van der Waals surface area contributed by atoms with E-state index >= 15 is 0 Å². The third-order valence-electron chi connectivity index (χ3n) is 2.83. The van der Waals surface area contributed by atoms with Crippen LogP contribution in [0.4, 0.5) is 4.79 Å². The van der Waals surface area contributed by atoms with E-state index in [1.807, 2.05) is 30.3 Å². The maximum absolute atomic E-state index is 11.6. The van der Waals surface area contributed by atoms with Crippen LogP contribution in [0.5, 0.6) is 5.75 Å². The second kappa shape index (κ2) is 8.17. The van der Waals surface area contributed by atoms with Gasteiger partial charge in [0, 0.05) is 11.6 Å². The highest BCUT2D eigenvalue weighted by Gasteiger charge is 2.00. The van der Waals surface area contributed by atoms with Gasteiger partial charge in [-0.15, -0.1) is 0 Å². The summed E-state index contributed by atoms with van der Waals surface area (Å²) < 4.78 is 5.37. The van der Waals surface area contributed by atoms with E-state index in [2.05, 4.69) is 10.6 Å². The number of rotatable bonds is 6. The van der Waals surface area contributed by atoms with E-state index in [-0.39, 0.29) is 12.8 Å². The standard InChI is InChI=1S/C16H17ClN2O2/c17-14-6-8-15(9-7-14)21-12-19-16(20)18-11-10-13-4-2-1-3-5-13/h1-9H,10-12H2,(H2,18,19,20). The van der Waals surface area contributed by atoms with Gasteiger partial charge < -0.3 is 15.4 Å². The summed E-state index contributed by atoms with van der Waals surface area (Å²) >= 11 is 5.77. The van der Waals surface area contributed by atoms with E-state index in [0.717, 1.165) is 6.42 Å². The van der Waals surface area contributed by atoms with Crippen molar-refractivity contribution in [2.24, 2.45) is 0 Å². The quantitative estimate of drug-likeness (QED) is 0.805. The van der Waals surface area contributed by atoms with Crippen molar-refractivity contribution in [2.75, 3.05) is 13.3 Å². The van der Waals surface area contributed by atoms with Gasteiger partial charge in [0.05, 0.1) is 0 Å². The first-order valence-corrected chi connectivity index (χ1v) is 7.06. The van der Waals surface area contributed by atoms with Gasteiger partial charge in [0.15, 0.2) is 6.73 Å². The van der Waals surface area contributed by atoms with Crippen molar-refractivity contribution >= 4 is 17.6 Å². The molecule has 4 nitrogen and oxygen atoms in total. The number of hydrogen-bond donors (Lipinski definition) is 2. The summed E-state index contributed by atoms with van der Waals surface area (Å²) in [6.07, 6.45) is 0.798. The highest BCUT2D eigenvalue weighted by molar-refractivity contribution is 6.30. The van der Waals surface area contributed by atoms with Gasteiger partial charge in [-0.2, -0.15) is 0 Å². The van der Waals surface area contributed by atoms with Crippen LogP contribution in [0.25, 0.3) is 0 Å². The van der Waals surface area contributed by atoms with Crippen LogP contribution < -0.4 is 15.4 Å². The molecule has 2 amide bonds. The minimum atomic E-state index is -0.250. The van der Waals surface area contributed by atoms with Gasteiger partial charge in [0.1, 0.15) is 5.75 Å². The van der Waals surface area contributed by atoms with Gasteiger partial charge in [0.25, 0.3) is 0 Å². The fourth-order valence-electron chi connectivity index (χ4n) is 1.74. The number of hydrogen-bond acceptors (Lipinski definition) is 2. The Kier molecular flexibility index (Phi) is 5.91. The molecule has 0 radical (unpaired) electrons. The molecule has 0 aliphatic rings. The van der Waals surface area contributed by atoms with Crippen LogP contribution in [-0.2, 0) is 6.42 Å². The van der Waals surface area contributed by atoms with Crippen molar-refractivity contribution in [3.63, 3.8) is 0 Å². The molecule has 2 aromatic carbocycles. The molecule has 0 bridgehead atoms. The smallest absolute Gasteiger partial charge is 0.317 e. The molecule has 0 aliphatic heterocycles. The minimum absolute atomic E-state index is 0.110. The van der Waals surface area contributed by atoms with Crippen molar-refractivity contribution < 1.29 is 9.53 Å². The molecular weight excluding hydrogens is 288 g/mol. The second-order valence-corrected chi connectivity index (χ2v) is 4.85. The molecule has 0 saturated heterocycles. The minimum Gasteiger partial charge on any atom is -0.473 e. The Labute approximate surface area is 129 Å².